The van der Waals surface area contributed by atoms with E-state index < -0.39 is 0 Å². The van der Waals surface area contributed by atoms with Gasteiger partial charge in [-0.05, 0) is 18.1 Å². The molecule has 0 N–H and O–H groups in total. The first-order chi connectivity index (χ1) is 8.19. The van der Waals surface area contributed by atoms with Gasteiger partial charge in [0, 0.05) is 11.9 Å². The Morgan fingerprint density at radius 1 is 1.18 bits per heavy atom. The standard InChI is InChI=1S/C13H14BrNO2/c1-2-9(7-14)8-15-12(16)10-5-3-4-6-11(10)13(15)17/h3-6,9H,2,7-8H2,1H3. The maximum absolute atomic E-state index is 12.1. The first kappa shape index (κ1) is 12.3. The van der Waals surface area contributed by atoms with E-state index in [-0.39, 0.29) is 11.8 Å². The van der Waals surface area contributed by atoms with Crippen molar-refractivity contribution >= 4 is 27.7 Å². The quantitative estimate of drug-likeness (QED) is 0.633. The topological polar surface area (TPSA) is 37.4 Å². The van der Waals surface area contributed by atoms with Crippen LogP contribution in [0.5, 0.6) is 0 Å². The molecule has 1 atom stereocenters. The van der Waals surface area contributed by atoms with Gasteiger partial charge in [-0.25, -0.2) is 0 Å². The summed E-state index contributed by atoms with van der Waals surface area (Å²) in [6, 6.07) is 7.00. The highest BCUT2D eigenvalue weighted by molar-refractivity contribution is 9.09. The van der Waals surface area contributed by atoms with Crippen LogP contribution in [0.15, 0.2) is 24.3 Å². The molecule has 90 valence electrons. The molecule has 1 heterocycles. The van der Waals surface area contributed by atoms with Gasteiger partial charge in [0.25, 0.3) is 11.8 Å². The summed E-state index contributed by atoms with van der Waals surface area (Å²) in [6.45, 7) is 2.55. The highest BCUT2D eigenvalue weighted by Gasteiger charge is 2.35. The lowest BCUT2D eigenvalue weighted by molar-refractivity contribution is 0.0633. The molecule has 1 aromatic rings. The Morgan fingerprint density at radius 2 is 1.71 bits per heavy atom. The lowest BCUT2D eigenvalue weighted by Crippen LogP contribution is -2.34. The minimum absolute atomic E-state index is 0.162. The zero-order valence-corrected chi connectivity index (χ0v) is 11.2. The Bertz CT molecular complexity index is 419. The predicted molar refractivity (Wildman–Crippen MR) is 69.4 cm³/mol. The van der Waals surface area contributed by atoms with Gasteiger partial charge in [-0.2, -0.15) is 0 Å². The summed E-state index contributed by atoms with van der Waals surface area (Å²) in [5, 5.41) is 0.802. The molecule has 0 bridgehead atoms. The van der Waals surface area contributed by atoms with Crippen molar-refractivity contribution in [3.8, 4) is 0 Å². The molecule has 3 nitrogen and oxygen atoms in total. The number of fused-ring (bicyclic) bond motifs is 1. The molecule has 0 aromatic heterocycles. The molecule has 1 aliphatic rings. The van der Waals surface area contributed by atoms with Gasteiger partial charge in [0.1, 0.15) is 0 Å². The third kappa shape index (κ3) is 2.14. The zero-order chi connectivity index (χ0) is 12.4. The van der Waals surface area contributed by atoms with E-state index in [4.69, 9.17) is 0 Å². The molecule has 0 fully saturated rings. The lowest BCUT2D eigenvalue weighted by Gasteiger charge is -2.19. The van der Waals surface area contributed by atoms with Crippen LogP contribution in [-0.4, -0.2) is 28.6 Å². The first-order valence-corrected chi connectivity index (χ1v) is 6.82. The number of nitrogens with zero attached hydrogens (tertiary/aromatic N) is 1. The molecule has 0 radical (unpaired) electrons. The van der Waals surface area contributed by atoms with Crippen LogP contribution in [0.1, 0.15) is 34.1 Å². The Morgan fingerprint density at radius 3 is 2.12 bits per heavy atom. The Balaban J connectivity index is 2.24. The van der Waals surface area contributed by atoms with Gasteiger partial charge in [-0.15, -0.1) is 0 Å². The number of rotatable bonds is 4. The van der Waals surface area contributed by atoms with E-state index in [9.17, 15) is 9.59 Å². The molecule has 0 saturated heterocycles. The van der Waals surface area contributed by atoms with E-state index in [1.54, 1.807) is 24.3 Å². The average molecular weight is 296 g/mol. The number of hydrogen-bond donors (Lipinski definition) is 0. The van der Waals surface area contributed by atoms with E-state index >= 15 is 0 Å². The SMILES string of the molecule is CCC(CBr)CN1C(=O)c2ccccc2C1=O. The minimum atomic E-state index is -0.162. The second kappa shape index (κ2) is 5.00. The molecular weight excluding hydrogens is 282 g/mol. The molecule has 1 aliphatic heterocycles. The monoisotopic (exact) mass is 295 g/mol. The van der Waals surface area contributed by atoms with Crippen LogP contribution in [0.2, 0.25) is 0 Å². The largest absolute Gasteiger partial charge is 0.274 e. The molecule has 0 saturated carbocycles. The maximum Gasteiger partial charge on any atom is 0.261 e. The van der Waals surface area contributed by atoms with E-state index in [1.165, 1.54) is 4.90 Å². The van der Waals surface area contributed by atoms with Crippen molar-refractivity contribution in [2.45, 2.75) is 13.3 Å². The van der Waals surface area contributed by atoms with Gasteiger partial charge in [0.05, 0.1) is 11.1 Å². The fourth-order valence-corrected chi connectivity index (χ4v) is 2.61. The molecule has 17 heavy (non-hydrogen) atoms. The summed E-state index contributed by atoms with van der Waals surface area (Å²) in [4.78, 5) is 25.5. The second-order valence-corrected chi connectivity index (χ2v) is 4.84. The number of halogens is 1. The minimum Gasteiger partial charge on any atom is -0.274 e. The van der Waals surface area contributed by atoms with Crippen molar-refractivity contribution in [3.05, 3.63) is 35.4 Å². The first-order valence-electron chi connectivity index (χ1n) is 5.70. The highest BCUT2D eigenvalue weighted by Crippen LogP contribution is 2.24. The third-order valence-corrected chi connectivity index (χ3v) is 4.03. The van der Waals surface area contributed by atoms with E-state index in [0.717, 1.165) is 11.8 Å². The van der Waals surface area contributed by atoms with Crippen LogP contribution in [0.3, 0.4) is 0 Å². The molecule has 0 spiro atoms. The molecule has 1 unspecified atom stereocenters. The fraction of sp³-hybridized carbons (Fsp3) is 0.385. The Hall–Kier alpha value is -1.16. The van der Waals surface area contributed by atoms with Gasteiger partial charge >= 0.3 is 0 Å². The number of alkyl halides is 1. The van der Waals surface area contributed by atoms with E-state index in [1.807, 2.05) is 0 Å². The van der Waals surface area contributed by atoms with Gasteiger partial charge in [-0.1, -0.05) is 41.4 Å². The number of carbonyl (C=O) groups is 2. The Labute approximate surface area is 109 Å². The van der Waals surface area contributed by atoms with E-state index in [2.05, 4.69) is 22.9 Å². The van der Waals surface area contributed by atoms with Crippen molar-refractivity contribution < 1.29 is 9.59 Å². The summed E-state index contributed by atoms with van der Waals surface area (Å²) in [5.41, 5.74) is 1.06. The van der Waals surface area contributed by atoms with Crippen LogP contribution < -0.4 is 0 Å². The molecular formula is C13H14BrNO2. The molecule has 0 aliphatic carbocycles. The van der Waals surface area contributed by atoms with Gasteiger partial charge < -0.3 is 0 Å². The van der Waals surface area contributed by atoms with Crippen LogP contribution in [0, 0.1) is 5.92 Å². The smallest absolute Gasteiger partial charge is 0.261 e. The fourth-order valence-electron chi connectivity index (χ4n) is 1.95. The van der Waals surface area contributed by atoms with Crippen molar-refractivity contribution in [2.75, 3.05) is 11.9 Å². The van der Waals surface area contributed by atoms with Crippen LogP contribution in [-0.2, 0) is 0 Å². The molecule has 2 amide bonds. The van der Waals surface area contributed by atoms with Gasteiger partial charge in [0.15, 0.2) is 0 Å². The summed E-state index contributed by atoms with van der Waals surface area (Å²) in [6.07, 6.45) is 0.943. The summed E-state index contributed by atoms with van der Waals surface area (Å²) < 4.78 is 0. The van der Waals surface area contributed by atoms with Crippen molar-refractivity contribution in [3.63, 3.8) is 0 Å². The average Bonchev–Trinajstić information content (AvgIpc) is 2.61. The number of benzene rings is 1. The number of carbonyl (C=O) groups excluding carboxylic acids is 2. The summed E-state index contributed by atoms with van der Waals surface area (Å²) in [5.74, 6) is -0.00721. The van der Waals surface area contributed by atoms with Crippen molar-refractivity contribution in [1.29, 1.82) is 0 Å². The lowest BCUT2D eigenvalue weighted by atomic mass is 10.1. The van der Waals surface area contributed by atoms with Crippen LogP contribution >= 0.6 is 15.9 Å². The number of amides is 2. The van der Waals surface area contributed by atoms with E-state index in [0.29, 0.717) is 23.6 Å². The van der Waals surface area contributed by atoms with Crippen molar-refractivity contribution in [1.82, 2.24) is 4.90 Å². The number of imide groups is 1. The summed E-state index contributed by atoms with van der Waals surface area (Å²) in [7, 11) is 0. The normalized spacial score (nSPS) is 16.2. The van der Waals surface area contributed by atoms with Crippen LogP contribution in [0.4, 0.5) is 0 Å². The van der Waals surface area contributed by atoms with Gasteiger partial charge in [-0.3, -0.25) is 14.5 Å². The zero-order valence-electron chi connectivity index (χ0n) is 9.65. The highest BCUT2D eigenvalue weighted by atomic mass is 79.9. The number of hydrogen-bond acceptors (Lipinski definition) is 2. The van der Waals surface area contributed by atoms with Crippen molar-refractivity contribution in [2.24, 2.45) is 5.92 Å². The second-order valence-electron chi connectivity index (χ2n) is 4.20. The Kier molecular flexibility index (Phi) is 3.62. The third-order valence-electron chi connectivity index (χ3n) is 3.11. The summed E-state index contributed by atoms with van der Waals surface area (Å²) >= 11 is 3.41. The van der Waals surface area contributed by atoms with Gasteiger partial charge in [0.2, 0.25) is 0 Å². The molecule has 4 heteroatoms. The predicted octanol–water partition coefficient (Wildman–Crippen LogP) is 2.70. The molecule has 2 rings (SSSR count). The maximum atomic E-state index is 12.1. The molecule has 1 aromatic carbocycles. The van der Waals surface area contributed by atoms with Crippen LogP contribution in [0.25, 0.3) is 0 Å².